The van der Waals surface area contributed by atoms with E-state index in [-0.39, 0.29) is 12.2 Å². The van der Waals surface area contributed by atoms with Crippen LogP contribution in [0.3, 0.4) is 0 Å². The molecule has 0 N–H and O–H groups in total. The summed E-state index contributed by atoms with van der Waals surface area (Å²) in [5, 5.41) is 0.632. The van der Waals surface area contributed by atoms with Crippen molar-refractivity contribution in [3.8, 4) is 0 Å². The first kappa shape index (κ1) is 16.5. The van der Waals surface area contributed by atoms with Crippen LogP contribution in [0, 0.1) is 0 Å². The summed E-state index contributed by atoms with van der Waals surface area (Å²) in [5.74, 6) is -6.34. The lowest BCUT2D eigenvalue weighted by atomic mass is 10.2. The molecule has 0 radical (unpaired) electrons. The van der Waals surface area contributed by atoms with Gasteiger partial charge in [-0.3, -0.25) is 4.57 Å². The molecule has 0 saturated carbocycles. The molecule has 2 aromatic rings. The van der Waals surface area contributed by atoms with Gasteiger partial charge in [-0.1, -0.05) is 18.7 Å². The molecular weight excluding hydrogens is 357 g/mol. The number of esters is 1. The second kappa shape index (κ2) is 6.49. The van der Waals surface area contributed by atoms with Crippen LogP contribution in [0.1, 0.15) is 21.1 Å². The molecule has 0 unspecified atom stereocenters. The van der Waals surface area contributed by atoms with Crippen molar-refractivity contribution in [2.45, 2.75) is 5.91 Å². The number of ether oxygens (including phenoxy) is 1. The van der Waals surface area contributed by atoms with Gasteiger partial charge in [0.2, 0.25) is 5.91 Å². The minimum absolute atomic E-state index is 0.111. The molecule has 1 aromatic heterocycles. The monoisotopic (exact) mass is 366 g/mol. The lowest BCUT2D eigenvalue weighted by Crippen LogP contribution is -2.02. The summed E-state index contributed by atoms with van der Waals surface area (Å²) < 4.78 is 30.9. The molecule has 0 saturated heterocycles. The zero-order valence-electron chi connectivity index (χ0n) is 10.6. The molecule has 8 heteroatoms. The third-order valence-corrected chi connectivity index (χ3v) is 5.56. The molecule has 1 atom stereocenters. The van der Waals surface area contributed by atoms with Gasteiger partial charge >= 0.3 is 5.97 Å². The van der Waals surface area contributed by atoms with Gasteiger partial charge in [0.25, 0.3) is 5.85 Å². The first-order valence-electron chi connectivity index (χ1n) is 5.77. The lowest BCUT2D eigenvalue weighted by molar-refractivity contribution is 0.0555. The van der Waals surface area contributed by atoms with Gasteiger partial charge in [0.15, 0.2) is 0 Å². The van der Waals surface area contributed by atoms with Crippen LogP contribution in [-0.2, 0) is 9.30 Å². The molecule has 21 heavy (non-hydrogen) atoms. The Bertz CT molecular complexity index is 740. The molecule has 0 aliphatic carbocycles. The normalized spacial score (nSPS) is 13.1. The Balaban J connectivity index is 2.34. The summed E-state index contributed by atoms with van der Waals surface area (Å²) in [7, 11) is 0. The highest BCUT2D eigenvalue weighted by Gasteiger charge is 2.30. The van der Waals surface area contributed by atoms with Crippen LogP contribution in [0.2, 0.25) is 0 Å². The van der Waals surface area contributed by atoms with Crippen molar-refractivity contribution < 1.29 is 18.5 Å². The van der Waals surface area contributed by atoms with E-state index in [2.05, 4.69) is 6.58 Å². The van der Waals surface area contributed by atoms with Gasteiger partial charge in [-0.05, 0) is 51.6 Å². The molecule has 0 fully saturated rings. The summed E-state index contributed by atoms with van der Waals surface area (Å²) in [6, 6.07) is 6.11. The number of alkyl halides is 1. The Morgan fingerprint density at radius 3 is 2.81 bits per heavy atom. The zero-order valence-corrected chi connectivity index (χ0v) is 13.8. The topological polar surface area (TPSA) is 43.4 Å². The smallest absolute Gasteiger partial charge is 0.348 e. The van der Waals surface area contributed by atoms with Crippen molar-refractivity contribution in [1.29, 1.82) is 0 Å². The number of halogens is 3. The van der Waals surface area contributed by atoms with Crippen molar-refractivity contribution in [2.75, 3.05) is 6.61 Å². The van der Waals surface area contributed by atoms with Gasteiger partial charge < -0.3 is 4.74 Å². The fourth-order valence-corrected chi connectivity index (χ4v) is 3.81. The van der Waals surface area contributed by atoms with E-state index in [1.165, 1.54) is 29.5 Å². The average Bonchev–Trinajstić information content (AvgIpc) is 2.85. The SMILES string of the molecule is C=CCOC(=O)c1cc2cc([C@@H](F)P(=O)(Cl)Cl)ccc2s1. The number of thiophene rings is 1. The van der Waals surface area contributed by atoms with Gasteiger partial charge in [-0.15, -0.1) is 11.3 Å². The largest absolute Gasteiger partial charge is 0.457 e. The van der Waals surface area contributed by atoms with Crippen LogP contribution in [-0.4, -0.2) is 12.6 Å². The Labute approximate surface area is 134 Å². The molecule has 1 aromatic carbocycles. The highest BCUT2D eigenvalue weighted by atomic mass is 35.9. The highest BCUT2D eigenvalue weighted by molar-refractivity contribution is 8.08. The second-order valence-corrected chi connectivity index (χ2v) is 10.2. The van der Waals surface area contributed by atoms with Crippen molar-refractivity contribution in [2.24, 2.45) is 0 Å². The predicted octanol–water partition coefficient (Wildman–Crippen LogP) is 5.88. The third kappa shape index (κ3) is 3.86. The summed E-state index contributed by atoms with van der Waals surface area (Å²) in [5.41, 5.74) is 0.111. The van der Waals surface area contributed by atoms with Gasteiger partial charge in [0, 0.05) is 4.70 Å². The Hall–Kier alpha value is -0.870. The standard InChI is InChI=1S/C13H10Cl2FO3PS/c1-2-5-19-13(17)11-7-9-6-8(3-4-10(9)21-11)12(16)20(14,15)18/h2-4,6-7,12H,1,5H2/t12-/m0/s1. The van der Waals surface area contributed by atoms with Crippen molar-refractivity contribution in [1.82, 2.24) is 0 Å². The van der Waals surface area contributed by atoms with E-state index >= 15 is 0 Å². The minimum Gasteiger partial charge on any atom is -0.457 e. The van der Waals surface area contributed by atoms with Crippen LogP contribution in [0.25, 0.3) is 10.1 Å². The van der Waals surface area contributed by atoms with Gasteiger partial charge in [-0.25, -0.2) is 9.18 Å². The Morgan fingerprint density at radius 1 is 1.48 bits per heavy atom. The van der Waals surface area contributed by atoms with Crippen LogP contribution in [0.15, 0.2) is 36.9 Å². The molecule has 0 spiro atoms. The number of hydrogen-bond donors (Lipinski definition) is 0. The van der Waals surface area contributed by atoms with Crippen LogP contribution < -0.4 is 0 Å². The Kier molecular flexibility index (Phi) is 5.10. The third-order valence-electron chi connectivity index (χ3n) is 2.61. The number of carbonyl (C=O) groups is 1. The fraction of sp³-hybridized carbons (Fsp3) is 0.154. The average molecular weight is 367 g/mol. The molecule has 0 aliphatic rings. The van der Waals surface area contributed by atoms with Gasteiger partial charge in [0.1, 0.15) is 11.5 Å². The Morgan fingerprint density at radius 2 is 2.19 bits per heavy atom. The summed E-state index contributed by atoms with van der Waals surface area (Å²) in [4.78, 5) is 12.1. The van der Waals surface area contributed by atoms with Gasteiger partial charge in [-0.2, -0.15) is 0 Å². The van der Waals surface area contributed by atoms with E-state index in [4.69, 9.17) is 27.2 Å². The maximum atomic E-state index is 13.9. The molecular formula is C13H10Cl2FO3PS. The van der Waals surface area contributed by atoms with E-state index in [1.807, 2.05) is 0 Å². The number of carbonyl (C=O) groups excluding carboxylic acids is 1. The quantitative estimate of drug-likeness (QED) is 0.376. The molecule has 0 aliphatic heterocycles. The van der Waals surface area contributed by atoms with E-state index in [1.54, 1.807) is 12.1 Å². The number of rotatable bonds is 5. The van der Waals surface area contributed by atoms with Crippen LogP contribution >= 0.6 is 39.7 Å². The second-order valence-electron chi connectivity index (χ2n) is 4.13. The van der Waals surface area contributed by atoms with E-state index < -0.39 is 17.7 Å². The molecule has 2 rings (SSSR count). The summed E-state index contributed by atoms with van der Waals surface area (Å²) >= 11 is 11.9. The molecule has 3 nitrogen and oxygen atoms in total. The van der Waals surface area contributed by atoms with Crippen LogP contribution in [0.4, 0.5) is 4.39 Å². The van der Waals surface area contributed by atoms with E-state index in [9.17, 15) is 13.8 Å². The van der Waals surface area contributed by atoms with Gasteiger partial charge in [0.05, 0.1) is 0 Å². The maximum Gasteiger partial charge on any atom is 0.348 e. The lowest BCUT2D eigenvalue weighted by Gasteiger charge is -2.08. The summed E-state index contributed by atoms with van der Waals surface area (Å²) in [6.07, 6.45) is 1.47. The van der Waals surface area contributed by atoms with E-state index in [0.29, 0.717) is 10.3 Å². The fourth-order valence-electron chi connectivity index (χ4n) is 1.69. The first-order chi connectivity index (χ1) is 9.82. The van der Waals surface area contributed by atoms with E-state index in [0.717, 1.165) is 4.70 Å². The summed E-state index contributed by atoms with van der Waals surface area (Å²) in [6.45, 7) is 3.57. The molecule has 112 valence electrons. The zero-order chi connectivity index (χ0) is 15.6. The predicted molar refractivity (Wildman–Crippen MR) is 85.5 cm³/mol. The number of hydrogen-bond acceptors (Lipinski definition) is 4. The van der Waals surface area contributed by atoms with Crippen LogP contribution in [0.5, 0.6) is 0 Å². The van der Waals surface area contributed by atoms with Crippen molar-refractivity contribution in [3.05, 3.63) is 47.4 Å². The maximum absolute atomic E-state index is 13.9. The van der Waals surface area contributed by atoms with Crippen molar-refractivity contribution >= 4 is 55.7 Å². The minimum atomic E-state index is -3.91. The molecule has 0 amide bonds. The van der Waals surface area contributed by atoms with Crippen molar-refractivity contribution in [3.63, 3.8) is 0 Å². The molecule has 0 bridgehead atoms. The number of benzene rings is 1. The number of fused-ring (bicyclic) bond motifs is 1. The first-order valence-corrected chi connectivity index (χ1v) is 10.2. The molecule has 1 heterocycles. The highest BCUT2D eigenvalue weighted by Crippen LogP contribution is 2.68.